The summed E-state index contributed by atoms with van der Waals surface area (Å²) in [6.07, 6.45) is 0. The predicted molar refractivity (Wildman–Crippen MR) is 195 cm³/mol. The van der Waals surface area contributed by atoms with Gasteiger partial charge in [0, 0.05) is 16.8 Å². The van der Waals surface area contributed by atoms with E-state index in [2.05, 4.69) is 177 Å². The second-order valence-corrected chi connectivity index (χ2v) is 13.8. The van der Waals surface area contributed by atoms with Crippen LogP contribution in [-0.2, 0) is 10.8 Å². The summed E-state index contributed by atoms with van der Waals surface area (Å²) < 4.78 is 0. The molecule has 0 amide bonds. The number of hydrogen-bond donors (Lipinski definition) is 1. The molecule has 1 nitrogen and oxygen atoms in total. The van der Waals surface area contributed by atoms with Gasteiger partial charge < -0.3 is 5.32 Å². The standard InChI is InChI=1S/C46H33N/c1-45(2)39-17-9-6-14-33(39)36-24-21-31(27-42(36)45)47-32-22-25-38-37-23-20-30(29-12-4-3-5-13-29)26-43(37)46(44(38)28-32)40-18-10-7-15-34(40)35-16-8-11-19-41(35)46/h3-28,47H,1-2H3. The minimum absolute atomic E-state index is 0.0407. The first-order valence-corrected chi connectivity index (χ1v) is 16.6. The molecule has 0 heterocycles. The van der Waals surface area contributed by atoms with Crippen LogP contribution in [0.2, 0.25) is 0 Å². The molecule has 1 N–H and O–H groups in total. The van der Waals surface area contributed by atoms with Crippen LogP contribution >= 0.6 is 0 Å². The molecule has 47 heavy (non-hydrogen) atoms. The molecule has 3 aliphatic rings. The number of anilines is 2. The Bertz CT molecular complexity index is 2370. The summed E-state index contributed by atoms with van der Waals surface area (Å²) in [5.41, 5.74) is 20.4. The molecule has 222 valence electrons. The molecule has 7 aromatic carbocycles. The number of hydrogen-bond acceptors (Lipinski definition) is 1. The van der Waals surface area contributed by atoms with Crippen LogP contribution in [0.25, 0.3) is 44.5 Å². The smallest absolute Gasteiger partial charge is 0.0726 e. The van der Waals surface area contributed by atoms with Crippen molar-refractivity contribution in [1.29, 1.82) is 0 Å². The van der Waals surface area contributed by atoms with Crippen molar-refractivity contribution in [3.05, 3.63) is 191 Å². The van der Waals surface area contributed by atoms with Gasteiger partial charge in [-0.3, -0.25) is 0 Å². The fraction of sp³-hybridized carbons (Fsp3) is 0.0870. The molecule has 0 aliphatic heterocycles. The molecule has 0 atom stereocenters. The van der Waals surface area contributed by atoms with Crippen LogP contribution in [0.15, 0.2) is 158 Å². The van der Waals surface area contributed by atoms with E-state index in [1.807, 2.05) is 0 Å². The quantitative estimate of drug-likeness (QED) is 0.213. The van der Waals surface area contributed by atoms with Gasteiger partial charge >= 0.3 is 0 Å². The topological polar surface area (TPSA) is 12.0 Å². The maximum atomic E-state index is 3.85. The van der Waals surface area contributed by atoms with Crippen molar-refractivity contribution in [1.82, 2.24) is 0 Å². The maximum Gasteiger partial charge on any atom is 0.0726 e. The van der Waals surface area contributed by atoms with Crippen LogP contribution < -0.4 is 5.32 Å². The van der Waals surface area contributed by atoms with E-state index in [0.717, 1.165) is 11.4 Å². The number of nitrogens with one attached hydrogen (secondary N) is 1. The largest absolute Gasteiger partial charge is 0.356 e. The minimum Gasteiger partial charge on any atom is -0.356 e. The van der Waals surface area contributed by atoms with Crippen molar-refractivity contribution >= 4 is 11.4 Å². The third kappa shape index (κ3) is 3.49. The predicted octanol–water partition coefficient (Wildman–Crippen LogP) is 11.7. The molecule has 1 spiro atoms. The second kappa shape index (κ2) is 9.44. The van der Waals surface area contributed by atoms with E-state index in [-0.39, 0.29) is 5.41 Å². The summed E-state index contributed by atoms with van der Waals surface area (Å²) in [6, 6.07) is 58.7. The summed E-state index contributed by atoms with van der Waals surface area (Å²) in [7, 11) is 0. The van der Waals surface area contributed by atoms with Gasteiger partial charge in [-0.15, -0.1) is 0 Å². The molecule has 0 saturated heterocycles. The third-order valence-corrected chi connectivity index (χ3v) is 11.1. The Morgan fingerprint density at radius 2 is 0.787 bits per heavy atom. The number of benzene rings is 7. The average Bonchev–Trinajstić information content (AvgIpc) is 3.67. The summed E-state index contributed by atoms with van der Waals surface area (Å²) in [6.45, 7) is 4.69. The Morgan fingerprint density at radius 3 is 1.43 bits per heavy atom. The van der Waals surface area contributed by atoms with E-state index in [1.165, 1.54) is 77.9 Å². The van der Waals surface area contributed by atoms with Crippen LogP contribution in [-0.4, -0.2) is 0 Å². The molecule has 7 aromatic rings. The zero-order valence-corrected chi connectivity index (χ0v) is 26.5. The van der Waals surface area contributed by atoms with Crippen LogP contribution in [0.3, 0.4) is 0 Å². The van der Waals surface area contributed by atoms with Gasteiger partial charge in [0.1, 0.15) is 0 Å². The molecule has 0 radical (unpaired) electrons. The molecule has 0 aromatic heterocycles. The average molecular weight is 600 g/mol. The van der Waals surface area contributed by atoms with Gasteiger partial charge in [0.05, 0.1) is 5.41 Å². The van der Waals surface area contributed by atoms with Crippen molar-refractivity contribution in [3.63, 3.8) is 0 Å². The summed E-state index contributed by atoms with van der Waals surface area (Å²) in [5, 5.41) is 3.85. The minimum atomic E-state index is -0.401. The first-order valence-electron chi connectivity index (χ1n) is 16.6. The second-order valence-electron chi connectivity index (χ2n) is 13.8. The lowest BCUT2D eigenvalue weighted by molar-refractivity contribution is 0.660. The molecule has 0 bridgehead atoms. The Hall–Kier alpha value is -5.66. The van der Waals surface area contributed by atoms with Gasteiger partial charge in [-0.2, -0.15) is 0 Å². The van der Waals surface area contributed by atoms with E-state index in [1.54, 1.807) is 0 Å². The monoisotopic (exact) mass is 599 g/mol. The zero-order chi connectivity index (χ0) is 31.3. The van der Waals surface area contributed by atoms with Gasteiger partial charge in [-0.25, -0.2) is 0 Å². The van der Waals surface area contributed by atoms with Crippen molar-refractivity contribution in [2.45, 2.75) is 24.7 Å². The van der Waals surface area contributed by atoms with Crippen molar-refractivity contribution in [2.75, 3.05) is 5.32 Å². The first-order chi connectivity index (χ1) is 23.0. The Morgan fingerprint density at radius 1 is 0.340 bits per heavy atom. The molecule has 0 fully saturated rings. The molecule has 10 rings (SSSR count). The molecule has 3 aliphatic carbocycles. The third-order valence-electron chi connectivity index (χ3n) is 11.1. The van der Waals surface area contributed by atoms with E-state index in [4.69, 9.17) is 0 Å². The van der Waals surface area contributed by atoms with Gasteiger partial charge in [0.25, 0.3) is 0 Å². The highest BCUT2D eigenvalue weighted by Gasteiger charge is 2.51. The SMILES string of the molecule is CC1(C)c2ccccc2-c2ccc(Nc3ccc4c(c3)C3(c5ccccc5-c5ccccc53)c3cc(-c5ccccc5)ccc3-4)cc21. The van der Waals surface area contributed by atoms with Gasteiger partial charge in [-0.05, 0) is 108 Å². The van der Waals surface area contributed by atoms with Gasteiger partial charge in [0.2, 0.25) is 0 Å². The fourth-order valence-corrected chi connectivity index (χ4v) is 8.98. The van der Waals surface area contributed by atoms with Crippen molar-refractivity contribution in [2.24, 2.45) is 0 Å². The Kier molecular flexibility index (Phi) is 5.33. The maximum absolute atomic E-state index is 3.85. The lowest BCUT2D eigenvalue weighted by atomic mass is 9.70. The molecule has 0 saturated carbocycles. The van der Waals surface area contributed by atoms with Crippen LogP contribution in [0, 0.1) is 0 Å². The first kappa shape index (κ1) is 26.5. The van der Waals surface area contributed by atoms with E-state index < -0.39 is 5.41 Å². The van der Waals surface area contributed by atoms with Crippen LogP contribution in [0.1, 0.15) is 47.2 Å². The van der Waals surface area contributed by atoms with E-state index >= 15 is 0 Å². The molecular formula is C46H33N. The Labute approximate surface area is 276 Å². The molecular weight excluding hydrogens is 567 g/mol. The Balaban J connectivity index is 1.16. The summed E-state index contributed by atoms with van der Waals surface area (Å²) >= 11 is 0. The fourth-order valence-electron chi connectivity index (χ4n) is 8.98. The normalized spacial score (nSPS) is 14.9. The highest BCUT2D eigenvalue weighted by atomic mass is 14.9. The van der Waals surface area contributed by atoms with Crippen LogP contribution in [0.4, 0.5) is 11.4 Å². The van der Waals surface area contributed by atoms with Crippen LogP contribution in [0.5, 0.6) is 0 Å². The summed E-state index contributed by atoms with van der Waals surface area (Å²) in [5.74, 6) is 0. The zero-order valence-electron chi connectivity index (χ0n) is 26.5. The highest BCUT2D eigenvalue weighted by Crippen LogP contribution is 2.63. The summed E-state index contributed by atoms with van der Waals surface area (Å²) in [4.78, 5) is 0. The lowest BCUT2D eigenvalue weighted by Gasteiger charge is -2.31. The van der Waals surface area contributed by atoms with E-state index in [9.17, 15) is 0 Å². The molecule has 0 unspecified atom stereocenters. The highest BCUT2D eigenvalue weighted by molar-refractivity contribution is 5.96. The van der Waals surface area contributed by atoms with Crippen molar-refractivity contribution < 1.29 is 0 Å². The number of fused-ring (bicyclic) bond motifs is 13. The number of rotatable bonds is 3. The van der Waals surface area contributed by atoms with Crippen molar-refractivity contribution in [3.8, 4) is 44.5 Å². The lowest BCUT2D eigenvalue weighted by Crippen LogP contribution is -2.26. The van der Waals surface area contributed by atoms with Gasteiger partial charge in [-0.1, -0.05) is 141 Å². The van der Waals surface area contributed by atoms with Gasteiger partial charge in [0.15, 0.2) is 0 Å². The van der Waals surface area contributed by atoms with E-state index in [0.29, 0.717) is 0 Å². The molecule has 1 heteroatoms.